The van der Waals surface area contributed by atoms with Crippen LogP contribution in [0.4, 0.5) is 4.39 Å². The van der Waals surface area contributed by atoms with Gasteiger partial charge in [0.25, 0.3) is 0 Å². The van der Waals surface area contributed by atoms with Gasteiger partial charge in [-0.05, 0) is 48.2 Å². The number of halogens is 2. The fourth-order valence-electron chi connectivity index (χ4n) is 2.85. The second-order valence-corrected chi connectivity index (χ2v) is 6.02. The molecule has 0 spiro atoms. The lowest BCUT2D eigenvalue weighted by Crippen LogP contribution is -2.29. The van der Waals surface area contributed by atoms with Crippen LogP contribution in [-0.4, -0.2) is 18.7 Å². The molecule has 0 unspecified atom stereocenters. The van der Waals surface area contributed by atoms with Gasteiger partial charge in [-0.3, -0.25) is 0 Å². The Kier molecular flexibility index (Phi) is 4.55. The van der Waals surface area contributed by atoms with Crippen molar-refractivity contribution in [3.63, 3.8) is 0 Å². The number of aryl methyl sites for hydroxylation is 1. The van der Waals surface area contributed by atoms with E-state index in [1.54, 1.807) is 30.3 Å². The van der Waals surface area contributed by atoms with Crippen LogP contribution >= 0.6 is 11.6 Å². The highest BCUT2D eigenvalue weighted by Crippen LogP contribution is 2.36. The quantitative estimate of drug-likeness (QED) is 0.679. The van der Waals surface area contributed by atoms with E-state index in [4.69, 9.17) is 22.2 Å². The average Bonchev–Trinajstić information content (AvgIpc) is 2.53. The summed E-state index contributed by atoms with van der Waals surface area (Å²) < 4.78 is 19.6. The molecule has 0 aliphatic carbocycles. The molecular weight excluding hydrogens is 315 g/mol. The van der Waals surface area contributed by atoms with Gasteiger partial charge < -0.3 is 9.75 Å². The number of hydrazine groups is 1. The van der Waals surface area contributed by atoms with E-state index in [1.807, 2.05) is 18.2 Å². The zero-order valence-electron chi connectivity index (χ0n) is 12.9. The Labute approximate surface area is 140 Å². The summed E-state index contributed by atoms with van der Waals surface area (Å²) in [7, 11) is 1.79. The van der Waals surface area contributed by atoms with Gasteiger partial charge in [0, 0.05) is 17.6 Å². The number of fused-ring (bicyclic) bond motifs is 1. The van der Waals surface area contributed by atoms with Gasteiger partial charge in [-0.25, -0.2) is 10.2 Å². The van der Waals surface area contributed by atoms with Crippen LogP contribution in [0.25, 0.3) is 5.70 Å². The first kappa shape index (κ1) is 15.8. The molecule has 0 bridgehead atoms. The summed E-state index contributed by atoms with van der Waals surface area (Å²) in [5.41, 5.74) is 3.49. The minimum absolute atomic E-state index is 0.184. The number of ether oxygens (including phenoxy) is 1. The van der Waals surface area contributed by atoms with Crippen molar-refractivity contribution in [2.45, 2.75) is 12.8 Å². The molecule has 3 rings (SSSR count). The predicted octanol–water partition coefficient (Wildman–Crippen LogP) is 4.02. The number of nitrogens with zero attached hydrogens (tertiary/aromatic N) is 1. The van der Waals surface area contributed by atoms with Gasteiger partial charge >= 0.3 is 0 Å². The van der Waals surface area contributed by atoms with Crippen LogP contribution in [-0.2, 0) is 6.42 Å². The van der Waals surface area contributed by atoms with Gasteiger partial charge in [0.1, 0.15) is 18.2 Å². The van der Waals surface area contributed by atoms with Crippen molar-refractivity contribution >= 4 is 17.3 Å². The topological polar surface area (TPSA) is 38.5 Å². The molecule has 5 heteroatoms. The van der Waals surface area contributed by atoms with Gasteiger partial charge in [0.2, 0.25) is 0 Å². The van der Waals surface area contributed by atoms with E-state index in [1.165, 1.54) is 6.07 Å². The van der Waals surface area contributed by atoms with E-state index < -0.39 is 0 Å². The fourth-order valence-corrected chi connectivity index (χ4v) is 3.03. The first-order valence-electron chi connectivity index (χ1n) is 7.43. The van der Waals surface area contributed by atoms with Crippen LogP contribution in [0.1, 0.15) is 17.5 Å². The minimum Gasteiger partial charge on any atom is -0.488 e. The summed E-state index contributed by atoms with van der Waals surface area (Å²) >= 11 is 6.10. The van der Waals surface area contributed by atoms with Crippen molar-refractivity contribution < 1.29 is 9.13 Å². The second kappa shape index (κ2) is 6.60. The summed E-state index contributed by atoms with van der Waals surface area (Å²) in [5.74, 6) is 6.60. The zero-order valence-corrected chi connectivity index (χ0v) is 13.6. The highest BCUT2D eigenvalue weighted by Gasteiger charge is 2.22. The monoisotopic (exact) mass is 332 g/mol. The van der Waals surface area contributed by atoms with Crippen LogP contribution in [0, 0.1) is 5.82 Å². The van der Waals surface area contributed by atoms with Crippen LogP contribution in [0.3, 0.4) is 0 Å². The third-order valence-electron chi connectivity index (χ3n) is 3.94. The molecule has 0 fully saturated rings. The van der Waals surface area contributed by atoms with Gasteiger partial charge in [-0.15, -0.1) is 0 Å². The Morgan fingerprint density at radius 1 is 1.22 bits per heavy atom. The summed E-state index contributed by atoms with van der Waals surface area (Å²) in [6.07, 6.45) is 1.27. The molecule has 0 amide bonds. The molecule has 2 aromatic carbocycles. The first-order chi connectivity index (χ1) is 11.1. The molecule has 1 heterocycles. The average molecular weight is 333 g/mol. The van der Waals surface area contributed by atoms with Crippen LogP contribution in [0.2, 0.25) is 5.02 Å². The van der Waals surface area contributed by atoms with Gasteiger partial charge in [-0.2, -0.15) is 0 Å². The first-order valence-corrected chi connectivity index (χ1v) is 7.80. The second-order valence-electron chi connectivity index (χ2n) is 5.58. The van der Waals surface area contributed by atoms with Crippen molar-refractivity contribution in [3.8, 4) is 5.75 Å². The Morgan fingerprint density at radius 3 is 2.74 bits per heavy atom. The Morgan fingerprint density at radius 2 is 2.00 bits per heavy atom. The van der Waals surface area contributed by atoms with E-state index in [0.29, 0.717) is 30.0 Å². The van der Waals surface area contributed by atoms with E-state index in [9.17, 15) is 4.39 Å². The number of benzene rings is 2. The molecule has 23 heavy (non-hydrogen) atoms. The molecule has 2 aromatic rings. The lowest BCUT2D eigenvalue weighted by Gasteiger charge is -2.28. The maximum absolute atomic E-state index is 13.8. The Balaban J connectivity index is 1.92. The normalized spacial score (nSPS) is 13.6. The lowest BCUT2D eigenvalue weighted by molar-refractivity contribution is 0.331. The highest BCUT2D eigenvalue weighted by molar-refractivity contribution is 6.30. The van der Waals surface area contributed by atoms with Crippen molar-refractivity contribution in [1.29, 1.82) is 0 Å². The molecule has 2 N–H and O–H groups in total. The maximum Gasteiger partial charge on any atom is 0.129 e. The number of hydrogen-bond acceptors (Lipinski definition) is 3. The Bertz CT molecular complexity index is 758. The molecule has 0 radical (unpaired) electrons. The van der Waals surface area contributed by atoms with Crippen LogP contribution < -0.4 is 10.6 Å². The fraction of sp³-hybridized carbons (Fsp3) is 0.222. The molecular formula is C18H18ClFN2O. The zero-order chi connectivity index (χ0) is 16.4. The third kappa shape index (κ3) is 3.33. The van der Waals surface area contributed by atoms with Gasteiger partial charge in [-0.1, -0.05) is 29.8 Å². The molecule has 1 aliphatic heterocycles. The third-order valence-corrected chi connectivity index (χ3v) is 4.18. The van der Waals surface area contributed by atoms with E-state index in [0.717, 1.165) is 22.6 Å². The minimum atomic E-state index is -0.184. The van der Waals surface area contributed by atoms with Crippen LogP contribution in [0.5, 0.6) is 5.75 Å². The highest BCUT2D eigenvalue weighted by atomic mass is 35.5. The summed E-state index contributed by atoms with van der Waals surface area (Å²) in [6.45, 7) is 0.444. The molecule has 0 aromatic heterocycles. The molecule has 1 aliphatic rings. The number of rotatable bonds is 4. The van der Waals surface area contributed by atoms with E-state index in [-0.39, 0.29) is 5.82 Å². The Hall–Kier alpha value is -2.04. The predicted molar refractivity (Wildman–Crippen MR) is 90.5 cm³/mol. The lowest BCUT2D eigenvalue weighted by atomic mass is 9.97. The van der Waals surface area contributed by atoms with E-state index in [2.05, 4.69) is 0 Å². The summed E-state index contributed by atoms with van der Waals surface area (Å²) in [4.78, 5) is 0. The largest absolute Gasteiger partial charge is 0.488 e. The van der Waals surface area contributed by atoms with Crippen molar-refractivity contribution in [2.24, 2.45) is 5.84 Å². The molecule has 0 atom stereocenters. The van der Waals surface area contributed by atoms with E-state index >= 15 is 0 Å². The SMILES string of the molecule is CN(N)C1=C(CCc2ccccc2F)COc2ccc(Cl)cc21. The van der Waals surface area contributed by atoms with Crippen molar-refractivity contribution in [1.82, 2.24) is 5.01 Å². The van der Waals surface area contributed by atoms with Crippen LogP contribution in [0.15, 0.2) is 48.0 Å². The smallest absolute Gasteiger partial charge is 0.129 e. The number of hydrogen-bond donors (Lipinski definition) is 1. The van der Waals surface area contributed by atoms with Gasteiger partial charge in [0.05, 0.1) is 5.70 Å². The maximum atomic E-state index is 13.8. The van der Waals surface area contributed by atoms with Gasteiger partial charge in [0.15, 0.2) is 0 Å². The molecule has 120 valence electrons. The summed E-state index contributed by atoms with van der Waals surface area (Å²) in [6, 6.07) is 12.3. The molecule has 0 saturated carbocycles. The standard InChI is InChI=1S/C18H18ClFN2O/c1-22(21)18-13(7-6-12-4-2-3-5-16(12)20)11-23-17-9-8-14(19)10-15(17)18/h2-5,8-10H,6-7,11,21H2,1H3. The summed E-state index contributed by atoms with van der Waals surface area (Å²) in [5, 5.41) is 2.20. The number of nitrogens with two attached hydrogens (primary N) is 1. The van der Waals surface area contributed by atoms with Crippen molar-refractivity contribution in [3.05, 3.63) is 70.0 Å². The molecule has 0 saturated heterocycles. The molecule has 3 nitrogen and oxygen atoms in total. The van der Waals surface area contributed by atoms with Crippen molar-refractivity contribution in [2.75, 3.05) is 13.7 Å².